The summed E-state index contributed by atoms with van der Waals surface area (Å²) in [6.07, 6.45) is -1.12. The number of ether oxygens (including phenoxy) is 1. The molecule has 1 fully saturated rings. The molecule has 0 aromatic carbocycles. The first kappa shape index (κ1) is 15.3. The average Bonchev–Trinajstić information content (AvgIpc) is 2.98. The molecule has 0 aromatic heterocycles. The quantitative estimate of drug-likeness (QED) is 0.446. The minimum Gasteiger partial charge on any atom is -0.466 e. The third-order valence-corrected chi connectivity index (χ3v) is 1.72. The molecular formula is C10H14F2N2O3. The van der Waals surface area contributed by atoms with E-state index in [0.717, 1.165) is 0 Å². The number of hydrogen-bond donors (Lipinski definition) is 1. The molecule has 1 aliphatic rings. The highest BCUT2D eigenvalue weighted by Crippen LogP contribution is 2.09. The van der Waals surface area contributed by atoms with Crippen molar-refractivity contribution in [3.8, 4) is 6.07 Å². The number of rotatable bonds is 5. The van der Waals surface area contributed by atoms with Crippen LogP contribution in [0.1, 0.15) is 26.2 Å². The molecule has 17 heavy (non-hydrogen) atoms. The van der Waals surface area contributed by atoms with E-state index in [1.165, 1.54) is 0 Å². The number of amides is 1. The summed E-state index contributed by atoms with van der Waals surface area (Å²) >= 11 is 0. The largest absolute Gasteiger partial charge is 0.466 e. The summed E-state index contributed by atoms with van der Waals surface area (Å²) < 4.78 is 27.0. The van der Waals surface area contributed by atoms with E-state index in [-0.39, 0.29) is 5.97 Å². The minimum atomic E-state index is -2.52. The summed E-state index contributed by atoms with van der Waals surface area (Å²) in [4.78, 5) is 20.3. The van der Waals surface area contributed by atoms with Gasteiger partial charge in [0, 0.05) is 12.8 Å². The van der Waals surface area contributed by atoms with E-state index in [2.05, 4.69) is 4.74 Å². The number of carbonyl (C=O) groups is 2. The third-order valence-electron chi connectivity index (χ3n) is 1.72. The van der Waals surface area contributed by atoms with Crippen LogP contribution in [0.15, 0.2) is 0 Å². The number of nitriles is 1. The fraction of sp³-hybridized carbons (Fsp3) is 0.700. The van der Waals surface area contributed by atoms with Crippen LogP contribution in [0.4, 0.5) is 8.78 Å². The predicted molar refractivity (Wildman–Crippen MR) is 54.0 cm³/mol. The van der Waals surface area contributed by atoms with Crippen molar-refractivity contribution in [3.63, 3.8) is 0 Å². The predicted octanol–water partition coefficient (Wildman–Crippen LogP) is 0.993. The molecule has 1 aliphatic heterocycles. The maximum absolute atomic E-state index is 11.2. The van der Waals surface area contributed by atoms with Crippen molar-refractivity contribution < 1.29 is 23.1 Å². The van der Waals surface area contributed by atoms with E-state index in [0.29, 0.717) is 25.9 Å². The maximum Gasteiger partial charge on any atom is 0.305 e. The van der Waals surface area contributed by atoms with Gasteiger partial charge in [-0.3, -0.25) is 9.59 Å². The van der Waals surface area contributed by atoms with Crippen LogP contribution in [0.25, 0.3) is 0 Å². The molecule has 0 saturated carbocycles. The highest BCUT2D eigenvalue weighted by Gasteiger charge is 2.41. The van der Waals surface area contributed by atoms with Gasteiger partial charge in [-0.2, -0.15) is 5.26 Å². The van der Waals surface area contributed by atoms with Crippen LogP contribution in [0.5, 0.6) is 0 Å². The molecule has 7 heteroatoms. The highest BCUT2D eigenvalue weighted by molar-refractivity contribution is 5.97. The van der Waals surface area contributed by atoms with Gasteiger partial charge >= 0.3 is 5.97 Å². The van der Waals surface area contributed by atoms with Crippen LogP contribution in [-0.2, 0) is 14.3 Å². The molecule has 0 bridgehead atoms. The lowest BCUT2D eigenvalue weighted by molar-refractivity contribution is -0.143. The molecule has 1 rings (SSSR count). The van der Waals surface area contributed by atoms with Gasteiger partial charge in [0.05, 0.1) is 12.7 Å². The molecule has 1 N–H and O–H groups in total. The number of hydrogen-bond acceptors (Lipinski definition) is 4. The lowest BCUT2D eigenvalue weighted by Gasteiger charge is -1.97. The fourth-order valence-corrected chi connectivity index (χ4v) is 0.834. The second-order valence-corrected chi connectivity index (χ2v) is 3.14. The monoisotopic (exact) mass is 248 g/mol. The van der Waals surface area contributed by atoms with Crippen molar-refractivity contribution in [1.82, 2.24) is 5.32 Å². The standard InChI is InChI=1S/C7H11NO2.C3H3F2NO/c1-2-10-7(9)5-3-4-6-8;4-2(5)1-3(7)6-1/h2-5H2,1H3;1-2H,(H,6,7). The van der Waals surface area contributed by atoms with Crippen molar-refractivity contribution in [1.29, 1.82) is 5.26 Å². The number of carbonyl (C=O) groups excluding carboxylic acids is 2. The second-order valence-electron chi connectivity index (χ2n) is 3.14. The first-order valence-electron chi connectivity index (χ1n) is 5.14. The number of nitrogens with zero attached hydrogens (tertiary/aromatic N) is 1. The molecule has 0 spiro atoms. The molecule has 0 aromatic rings. The van der Waals surface area contributed by atoms with E-state index in [1.807, 2.05) is 11.4 Å². The Morgan fingerprint density at radius 3 is 2.53 bits per heavy atom. The van der Waals surface area contributed by atoms with Crippen LogP contribution >= 0.6 is 0 Å². The molecule has 1 saturated heterocycles. The fourth-order valence-electron chi connectivity index (χ4n) is 0.834. The van der Waals surface area contributed by atoms with E-state index < -0.39 is 18.4 Å². The Labute approximate surface area is 97.7 Å². The number of halogens is 2. The number of alkyl halides is 2. The van der Waals surface area contributed by atoms with Crippen LogP contribution < -0.4 is 5.32 Å². The first-order chi connectivity index (χ1) is 8.02. The van der Waals surface area contributed by atoms with E-state index in [1.54, 1.807) is 6.92 Å². The normalized spacial score (nSPS) is 16.4. The smallest absolute Gasteiger partial charge is 0.305 e. The Hall–Kier alpha value is -1.71. The average molecular weight is 248 g/mol. The number of unbranched alkanes of at least 4 members (excludes halogenated alkanes) is 1. The van der Waals surface area contributed by atoms with Crippen LogP contribution in [-0.4, -0.2) is 31.0 Å². The summed E-state index contributed by atoms with van der Waals surface area (Å²) in [5.41, 5.74) is 0. The summed E-state index contributed by atoms with van der Waals surface area (Å²) in [6.45, 7) is 2.19. The Balaban J connectivity index is 0.000000318. The second kappa shape index (κ2) is 8.44. The summed E-state index contributed by atoms with van der Waals surface area (Å²) in [6, 6.07) is 0.805. The van der Waals surface area contributed by atoms with Crippen LogP contribution in [0, 0.1) is 11.3 Å². The SMILES string of the molecule is CCOC(=O)CCCC#N.O=C1NC1C(F)F. The third kappa shape index (κ3) is 8.13. The van der Waals surface area contributed by atoms with Gasteiger partial charge in [0.1, 0.15) is 0 Å². The molecule has 96 valence electrons. The van der Waals surface area contributed by atoms with Gasteiger partial charge in [0.15, 0.2) is 6.04 Å². The van der Waals surface area contributed by atoms with E-state index in [9.17, 15) is 18.4 Å². The van der Waals surface area contributed by atoms with Crippen LogP contribution in [0.3, 0.4) is 0 Å². The molecule has 1 atom stereocenters. The van der Waals surface area contributed by atoms with Crippen molar-refractivity contribution in [2.24, 2.45) is 0 Å². The number of esters is 1. The summed E-state index contributed by atoms with van der Waals surface area (Å²) in [5.74, 6) is -0.757. The zero-order valence-electron chi connectivity index (χ0n) is 9.41. The highest BCUT2D eigenvalue weighted by atomic mass is 19.3. The van der Waals surface area contributed by atoms with Gasteiger partial charge in [-0.1, -0.05) is 0 Å². The Bertz CT molecular complexity index is 302. The molecule has 1 heterocycles. The van der Waals surface area contributed by atoms with Gasteiger partial charge in [0.2, 0.25) is 5.91 Å². The molecule has 5 nitrogen and oxygen atoms in total. The summed E-state index contributed by atoms with van der Waals surface area (Å²) in [5, 5.41) is 10.0. The molecule has 0 aliphatic carbocycles. The molecule has 0 radical (unpaired) electrons. The lowest BCUT2D eigenvalue weighted by Crippen LogP contribution is -2.03. The zero-order valence-corrected chi connectivity index (χ0v) is 9.41. The van der Waals surface area contributed by atoms with Crippen molar-refractivity contribution in [3.05, 3.63) is 0 Å². The maximum atomic E-state index is 11.2. The lowest BCUT2D eigenvalue weighted by atomic mass is 10.2. The van der Waals surface area contributed by atoms with Crippen LogP contribution in [0.2, 0.25) is 0 Å². The topological polar surface area (TPSA) is 89.1 Å². The van der Waals surface area contributed by atoms with Crippen molar-refractivity contribution in [2.75, 3.05) is 6.61 Å². The number of nitrogens with one attached hydrogen (secondary N) is 1. The van der Waals surface area contributed by atoms with E-state index in [4.69, 9.17) is 5.26 Å². The van der Waals surface area contributed by atoms with Gasteiger partial charge in [0.25, 0.3) is 6.43 Å². The molecular weight excluding hydrogens is 234 g/mol. The van der Waals surface area contributed by atoms with Crippen molar-refractivity contribution >= 4 is 11.9 Å². The molecule has 1 amide bonds. The van der Waals surface area contributed by atoms with Crippen molar-refractivity contribution in [2.45, 2.75) is 38.7 Å². The van der Waals surface area contributed by atoms with E-state index >= 15 is 0 Å². The summed E-state index contributed by atoms with van der Waals surface area (Å²) in [7, 11) is 0. The zero-order chi connectivity index (χ0) is 13.3. The van der Waals surface area contributed by atoms with Gasteiger partial charge < -0.3 is 10.1 Å². The Morgan fingerprint density at radius 2 is 2.24 bits per heavy atom. The van der Waals surface area contributed by atoms with Gasteiger partial charge in [-0.25, -0.2) is 8.78 Å². The van der Waals surface area contributed by atoms with Gasteiger partial charge in [-0.05, 0) is 13.3 Å². The first-order valence-corrected chi connectivity index (χ1v) is 5.14. The molecule has 1 unspecified atom stereocenters. The minimum absolute atomic E-state index is 0.210. The van der Waals surface area contributed by atoms with Gasteiger partial charge in [-0.15, -0.1) is 0 Å². The Kier molecular flexibility index (Phi) is 7.59. The Morgan fingerprint density at radius 1 is 1.65 bits per heavy atom.